The number of allylic oxidation sites excluding steroid dienone is 1. The lowest BCUT2D eigenvalue weighted by atomic mass is 9.45. The molecule has 0 spiro atoms. The average molecular weight is 725 g/mol. The highest BCUT2D eigenvalue weighted by Gasteiger charge is 2.70. The summed E-state index contributed by atoms with van der Waals surface area (Å²) in [6.45, 7) is 33.1. The van der Waals surface area contributed by atoms with Crippen LogP contribution in [-0.2, 0) is 27.4 Å². The van der Waals surface area contributed by atoms with E-state index < -0.39 is 38.9 Å². The molecule has 0 aromatic rings. The normalized spacial score (nSPS) is 37.6. The first kappa shape index (κ1) is 39.2. The Morgan fingerprint density at radius 1 is 0.830 bits per heavy atom. The van der Waals surface area contributed by atoms with Gasteiger partial charge in [0.2, 0.25) is 0 Å². The molecule has 12 heteroatoms. The number of oxime groups is 2. The minimum Gasteiger partial charge on any atom is -0.414 e. The number of nitrogens with zero attached hydrogens (tertiary/aromatic N) is 2. The smallest absolute Gasteiger partial charge is 0.185 e. The lowest BCUT2D eigenvalue weighted by Crippen LogP contribution is -2.66. The Labute approximate surface area is 291 Å². The third kappa shape index (κ3) is 8.31. The van der Waals surface area contributed by atoms with Gasteiger partial charge >= 0.3 is 0 Å². The summed E-state index contributed by atoms with van der Waals surface area (Å²) in [5.41, 5.74) is 2.51. The lowest BCUT2D eigenvalue weighted by molar-refractivity contribution is -0.153. The molecule has 0 amide bonds. The van der Waals surface area contributed by atoms with Crippen molar-refractivity contribution < 1.29 is 27.4 Å². The third-order valence-electron chi connectivity index (χ3n) is 11.0. The second-order valence-corrected chi connectivity index (χ2v) is 37.0. The Hall–Kier alpha value is -0.612. The van der Waals surface area contributed by atoms with Crippen molar-refractivity contribution in [3.63, 3.8) is 0 Å². The standard InChI is InChI=1S/C35H68N2O6Si4/c1-33-19-17-25(36-38-3)21-28(33)29(41-45(8,9)10)22-26-27-18-20-35(43-47(14,15)16,31(37-39-4)24-40-44(5,6)7)34(27,2)23-30(32(26)33)42-46(11,12)13/h21,26-27,29-30,32H,17-20,22-24H2,1-16H3/t26?,27-,29+,30?,32+,33-,34-,35-/m0/s1. The Balaban J connectivity index is 1.93. The van der Waals surface area contributed by atoms with Gasteiger partial charge in [-0.05, 0) is 152 Å². The summed E-state index contributed by atoms with van der Waals surface area (Å²) in [5.74, 6) is 1.24. The van der Waals surface area contributed by atoms with E-state index in [-0.39, 0.29) is 23.0 Å². The van der Waals surface area contributed by atoms with Gasteiger partial charge in [-0.25, -0.2) is 0 Å². The van der Waals surface area contributed by atoms with Crippen molar-refractivity contribution in [1.29, 1.82) is 0 Å². The Kier molecular flexibility index (Phi) is 11.3. The Morgan fingerprint density at radius 3 is 2.00 bits per heavy atom. The third-order valence-corrected chi connectivity index (χ3v) is 15.0. The van der Waals surface area contributed by atoms with E-state index in [0.717, 1.165) is 49.9 Å². The highest BCUT2D eigenvalue weighted by Crippen LogP contribution is 2.69. The van der Waals surface area contributed by atoms with Crippen LogP contribution >= 0.6 is 0 Å². The van der Waals surface area contributed by atoms with Crippen molar-refractivity contribution in [2.45, 2.75) is 149 Å². The number of fused-ring (bicyclic) bond motifs is 5. The first-order valence-electron chi connectivity index (χ1n) is 18.0. The molecule has 0 saturated heterocycles. The first-order chi connectivity index (χ1) is 21.4. The van der Waals surface area contributed by atoms with Gasteiger partial charge in [-0.15, -0.1) is 0 Å². The van der Waals surface area contributed by atoms with Crippen LogP contribution in [-0.4, -0.2) is 83.3 Å². The van der Waals surface area contributed by atoms with Crippen LogP contribution in [0.15, 0.2) is 22.0 Å². The molecule has 4 aliphatic rings. The van der Waals surface area contributed by atoms with Gasteiger partial charge in [0.25, 0.3) is 0 Å². The predicted molar refractivity (Wildman–Crippen MR) is 204 cm³/mol. The first-order valence-corrected chi connectivity index (χ1v) is 31.6. The van der Waals surface area contributed by atoms with Crippen molar-refractivity contribution in [3.05, 3.63) is 11.6 Å². The minimum absolute atomic E-state index is 0.0546. The molecule has 4 rings (SSSR count). The van der Waals surface area contributed by atoms with Crippen molar-refractivity contribution >= 4 is 44.7 Å². The van der Waals surface area contributed by atoms with Gasteiger partial charge in [-0.2, -0.15) is 0 Å². The molecule has 0 aromatic heterocycles. The lowest BCUT2D eigenvalue weighted by Gasteiger charge is -2.64. The molecule has 3 fully saturated rings. The summed E-state index contributed by atoms with van der Waals surface area (Å²) in [7, 11) is -4.41. The van der Waals surface area contributed by atoms with E-state index >= 15 is 0 Å². The fourth-order valence-corrected chi connectivity index (χ4v) is 14.1. The van der Waals surface area contributed by atoms with Gasteiger partial charge in [0, 0.05) is 11.5 Å². The van der Waals surface area contributed by atoms with Crippen LogP contribution in [0.25, 0.3) is 0 Å². The summed E-state index contributed by atoms with van der Waals surface area (Å²) in [6.07, 6.45) is 8.35. The zero-order valence-electron chi connectivity index (χ0n) is 32.8. The van der Waals surface area contributed by atoms with Gasteiger partial charge in [0.15, 0.2) is 33.3 Å². The molecule has 4 aliphatic carbocycles. The molecule has 47 heavy (non-hydrogen) atoms. The van der Waals surface area contributed by atoms with Crippen molar-refractivity contribution in [2.24, 2.45) is 38.9 Å². The van der Waals surface area contributed by atoms with E-state index in [1.165, 1.54) is 5.57 Å². The molecule has 0 aliphatic heterocycles. The summed E-state index contributed by atoms with van der Waals surface area (Å²) in [6, 6.07) is 0. The molecule has 0 N–H and O–H groups in total. The molecule has 3 saturated carbocycles. The molecule has 0 aromatic carbocycles. The van der Waals surface area contributed by atoms with Crippen LogP contribution in [0.5, 0.6) is 0 Å². The monoisotopic (exact) mass is 724 g/mol. The van der Waals surface area contributed by atoms with Gasteiger partial charge in [0.1, 0.15) is 25.5 Å². The fraction of sp³-hybridized carbons (Fsp3) is 0.886. The maximum Gasteiger partial charge on any atom is 0.185 e. The Morgan fingerprint density at radius 2 is 1.47 bits per heavy atom. The zero-order valence-corrected chi connectivity index (χ0v) is 36.8. The SMILES string of the molecule is CON=C1C=C2[C@H](O[Si](C)(C)C)CC3[C@H](C(O[Si](C)(C)C)C[C@@]4(C)[C@H]3CC[C@]4(O[Si](C)(C)C)C(CO[Si](C)(C)C)=NOC)[C@@]2(C)CC1. The molecular weight excluding hydrogens is 657 g/mol. The topological polar surface area (TPSA) is 80.1 Å². The van der Waals surface area contributed by atoms with Crippen molar-refractivity contribution in [2.75, 3.05) is 20.8 Å². The van der Waals surface area contributed by atoms with Crippen LogP contribution in [0.4, 0.5) is 0 Å². The van der Waals surface area contributed by atoms with E-state index in [9.17, 15) is 0 Å². The molecule has 8 nitrogen and oxygen atoms in total. The van der Waals surface area contributed by atoms with Crippen LogP contribution in [0.3, 0.4) is 0 Å². The molecule has 270 valence electrons. The maximum absolute atomic E-state index is 7.53. The highest BCUT2D eigenvalue weighted by atomic mass is 28.4. The van der Waals surface area contributed by atoms with Gasteiger partial charge in [-0.1, -0.05) is 24.2 Å². The summed E-state index contributed by atoms with van der Waals surface area (Å²) < 4.78 is 28.7. The number of rotatable bonds is 12. The maximum atomic E-state index is 7.53. The summed E-state index contributed by atoms with van der Waals surface area (Å²) in [5, 5.41) is 9.23. The van der Waals surface area contributed by atoms with Crippen LogP contribution in [0.2, 0.25) is 78.6 Å². The molecule has 0 heterocycles. The van der Waals surface area contributed by atoms with E-state index in [1.807, 2.05) is 0 Å². The number of hydrogen-bond acceptors (Lipinski definition) is 8. The quantitative estimate of drug-likeness (QED) is 0.114. The molecule has 0 radical (unpaired) electrons. The Bertz CT molecular complexity index is 1230. The van der Waals surface area contributed by atoms with Gasteiger partial charge < -0.3 is 27.4 Å². The van der Waals surface area contributed by atoms with E-state index in [0.29, 0.717) is 24.4 Å². The molecule has 2 unspecified atom stereocenters. The largest absolute Gasteiger partial charge is 0.414 e. The summed E-state index contributed by atoms with van der Waals surface area (Å²) in [4.78, 5) is 10.9. The minimum atomic E-state index is -2.07. The van der Waals surface area contributed by atoms with Gasteiger partial charge in [-0.3, -0.25) is 0 Å². The molecular formula is C35H68N2O6Si4. The predicted octanol–water partition coefficient (Wildman–Crippen LogP) is 9.06. The molecule has 0 bridgehead atoms. The van der Waals surface area contributed by atoms with E-state index in [1.54, 1.807) is 14.2 Å². The highest BCUT2D eigenvalue weighted by molar-refractivity contribution is 6.71. The number of hydrogen-bond donors (Lipinski definition) is 0. The van der Waals surface area contributed by atoms with E-state index in [2.05, 4.69) is 104 Å². The van der Waals surface area contributed by atoms with Crippen LogP contribution < -0.4 is 0 Å². The summed E-state index contributed by atoms with van der Waals surface area (Å²) >= 11 is 0. The zero-order chi connectivity index (χ0) is 35.4. The van der Waals surface area contributed by atoms with Crippen LogP contribution in [0.1, 0.15) is 52.4 Å². The van der Waals surface area contributed by atoms with Crippen molar-refractivity contribution in [1.82, 2.24) is 0 Å². The van der Waals surface area contributed by atoms with Crippen LogP contribution in [0, 0.1) is 28.6 Å². The fourth-order valence-electron chi connectivity index (χ4n) is 9.80. The van der Waals surface area contributed by atoms with E-state index in [4.69, 9.17) is 32.5 Å². The second-order valence-electron chi connectivity index (χ2n) is 19.1. The van der Waals surface area contributed by atoms with Gasteiger partial charge in [0.05, 0.1) is 18.4 Å². The second kappa shape index (κ2) is 13.5. The molecule has 8 atom stereocenters. The van der Waals surface area contributed by atoms with Crippen molar-refractivity contribution in [3.8, 4) is 0 Å². The average Bonchev–Trinajstić information content (AvgIpc) is 3.15.